The quantitative estimate of drug-likeness (QED) is 0.160. The van der Waals surface area contributed by atoms with Gasteiger partial charge in [0.25, 0.3) is 0 Å². The van der Waals surface area contributed by atoms with Crippen molar-refractivity contribution in [2.24, 2.45) is 11.3 Å². The number of unbranched alkanes of at least 4 members (excludes halogenated alkanes) is 1. The molecule has 1 atom stereocenters. The van der Waals surface area contributed by atoms with Gasteiger partial charge in [0.2, 0.25) is 0 Å². The second-order valence-corrected chi connectivity index (χ2v) is 13.5. The minimum atomic E-state index is 0. The molecular formula is C43H50Cl4Zr-4. The van der Waals surface area contributed by atoms with Gasteiger partial charge in [0.15, 0.2) is 0 Å². The molecule has 1 unspecified atom stereocenters. The van der Waals surface area contributed by atoms with Crippen LogP contribution in [0.5, 0.6) is 0 Å². The fraction of sp³-hybridized carbons (Fsp3) is 0.326. The summed E-state index contributed by atoms with van der Waals surface area (Å²) in [5, 5.41) is 1.53. The Morgan fingerprint density at radius 3 is 1.73 bits per heavy atom. The SMILES string of the molecule is CCCCC1[C-]=CC(C(C)(C)C)=C1.Cc1[c-]c2c(cc1C)-c1cc(C)c(C)cc1C2.Cl.Cl.Clc1cc[c-]cc1.Clc1cc[c-]cc1.[CH2]=[Zr]. The van der Waals surface area contributed by atoms with Gasteiger partial charge in [0.05, 0.1) is 0 Å². The third-order valence-corrected chi connectivity index (χ3v) is 8.42. The van der Waals surface area contributed by atoms with Crippen LogP contribution in [0.4, 0.5) is 0 Å². The van der Waals surface area contributed by atoms with E-state index in [9.17, 15) is 0 Å². The van der Waals surface area contributed by atoms with Gasteiger partial charge in [-0.05, 0) is 37.0 Å². The number of halogens is 4. The number of benzene rings is 4. The van der Waals surface area contributed by atoms with E-state index >= 15 is 0 Å². The Hall–Kier alpha value is -1.73. The van der Waals surface area contributed by atoms with Crippen LogP contribution in [0, 0.1) is 63.3 Å². The van der Waals surface area contributed by atoms with Crippen molar-refractivity contribution < 1.29 is 24.2 Å². The van der Waals surface area contributed by atoms with Gasteiger partial charge in [-0.15, -0.1) is 59.1 Å². The van der Waals surface area contributed by atoms with Crippen molar-refractivity contribution in [2.75, 3.05) is 0 Å². The van der Waals surface area contributed by atoms with E-state index < -0.39 is 0 Å². The molecule has 0 radical (unpaired) electrons. The molecule has 0 aromatic heterocycles. The standard InChI is InChI=1S/C17H17.C13H21.2C6H4Cl.CH2.2ClH.Zr/c1-10-5-14-9-15-6-11(2)13(4)8-17(15)16(14)7-12(10)3;1-5-6-7-11-8-9-12(10-11)13(2,3)4;2*7-6-4-2-1-3-5-6;;;;/h5,7-8H,9H2,1-4H3;9-11H,5-7H2,1-4H3;2*2-5H;1H2;2*1H;/q4*-1;;;;. The number of rotatable bonds is 3. The Bertz CT molecular complexity index is 1480. The number of allylic oxidation sites excluding steroid dienone is 4. The van der Waals surface area contributed by atoms with Crippen LogP contribution in [0.1, 0.15) is 80.3 Å². The summed E-state index contributed by atoms with van der Waals surface area (Å²) >= 11 is 12.3. The Labute approximate surface area is 329 Å². The Balaban J connectivity index is 0.000000633. The number of aryl methyl sites for hydroxylation is 4. The van der Waals surface area contributed by atoms with Crippen molar-refractivity contribution in [1.29, 1.82) is 0 Å². The van der Waals surface area contributed by atoms with Crippen molar-refractivity contribution >= 4 is 52.2 Å². The molecule has 5 heteroatoms. The van der Waals surface area contributed by atoms with Crippen LogP contribution in [0.15, 0.2) is 84.5 Å². The van der Waals surface area contributed by atoms with Gasteiger partial charge in [0.1, 0.15) is 0 Å². The maximum absolute atomic E-state index is 5.52. The first-order valence-corrected chi connectivity index (χ1v) is 18.4. The minimum absolute atomic E-state index is 0. The summed E-state index contributed by atoms with van der Waals surface area (Å²) in [5.74, 6) is 0.592. The van der Waals surface area contributed by atoms with Crippen LogP contribution in [-0.4, -0.2) is 4.21 Å². The fourth-order valence-corrected chi connectivity index (χ4v) is 5.20. The predicted octanol–water partition coefficient (Wildman–Crippen LogP) is 13.5. The summed E-state index contributed by atoms with van der Waals surface area (Å²) in [5.41, 5.74) is 12.8. The third kappa shape index (κ3) is 15.4. The summed E-state index contributed by atoms with van der Waals surface area (Å²) in [6, 6.07) is 30.5. The van der Waals surface area contributed by atoms with E-state index in [0.29, 0.717) is 11.3 Å². The average Bonchev–Trinajstić information content (AvgIpc) is 3.64. The second-order valence-electron chi connectivity index (χ2n) is 12.6. The van der Waals surface area contributed by atoms with Crippen molar-refractivity contribution in [3.63, 3.8) is 0 Å². The zero-order valence-electron chi connectivity index (χ0n) is 29.7. The first-order valence-electron chi connectivity index (χ1n) is 15.9. The molecule has 0 nitrogen and oxygen atoms in total. The fourth-order valence-electron chi connectivity index (χ4n) is 4.95. The molecule has 0 N–H and O–H groups in total. The molecule has 0 bridgehead atoms. The van der Waals surface area contributed by atoms with Crippen LogP contribution in [0.2, 0.25) is 10.0 Å². The van der Waals surface area contributed by atoms with Gasteiger partial charge in [0, 0.05) is 0 Å². The molecule has 258 valence electrons. The van der Waals surface area contributed by atoms with Crippen LogP contribution >= 0.6 is 48.0 Å². The monoisotopic (exact) mass is 796 g/mol. The molecule has 0 fully saturated rings. The van der Waals surface area contributed by atoms with Crippen LogP contribution < -0.4 is 0 Å². The van der Waals surface area contributed by atoms with Gasteiger partial charge in [-0.25, -0.2) is 6.08 Å². The van der Waals surface area contributed by atoms with Crippen LogP contribution in [0.3, 0.4) is 0 Å². The summed E-state index contributed by atoms with van der Waals surface area (Å²) in [6.07, 6.45) is 12.9. The Morgan fingerprint density at radius 1 is 0.792 bits per heavy atom. The van der Waals surface area contributed by atoms with Crippen molar-refractivity contribution in [2.45, 2.75) is 81.1 Å². The zero-order chi connectivity index (χ0) is 34.3. The molecule has 0 saturated carbocycles. The number of hydrogen-bond acceptors (Lipinski definition) is 0. The third-order valence-electron chi connectivity index (χ3n) is 7.92. The Morgan fingerprint density at radius 2 is 1.29 bits per heavy atom. The molecule has 48 heavy (non-hydrogen) atoms. The van der Waals surface area contributed by atoms with Crippen LogP contribution in [-0.2, 0) is 30.7 Å². The second kappa shape index (κ2) is 23.6. The van der Waals surface area contributed by atoms with E-state index in [1.54, 1.807) is 48.5 Å². The molecule has 2 aliphatic rings. The van der Waals surface area contributed by atoms with E-state index in [0.717, 1.165) is 16.5 Å². The molecule has 0 heterocycles. The topological polar surface area (TPSA) is 0 Å². The van der Waals surface area contributed by atoms with Gasteiger partial charge in [-0.3, -0.25) is 6.08 Å². The molecule has 2 aliphatic carbocycles. The number of fused-ring (bicyclic) bond motifs is 3. The molecule has 0 spiro atoms. The summed E-state index contributed by atoms with van der Waals surface area (Å²) in [4.78, 5) is 0. The summed E-state index contributed by atoms with van der Waals surface area (Å²) < 4.78 is 3.34. The molecule has 0 saturated heterocycles. The van der Waals surface area contributed by atoms with Crippen molar-refractivity contribution in [3.05, 3.63) is 152 Å². The molecule has 4 aromatic carbocycles. The van der Waals surface area contributed by atoms with E-state index in [1.807, 2.05) is 0 Å². The zero-order valence-corrected chi connectivity index (χ0v) is 35.3. The van der Waals surface area contributed by atoms with Crippen LogP contribution in [0.25, 0.3) is 11.1 Å². The molecule has 0 aliphatic heterocycles. The van der Waals surface area contributed by atoms with E-state index in [2.05, 4.69) is 114 Å². The van der Waals surface area contributed by atoms with Gasteiger partial charge in [-0.2, -0.15) is 95.6 Å². The first-order chi connectivity index (χ1) is 21.9. The predicted molar refractivity (Wildman–Crippen MR) is 213 cm³/mol. The Kier molecular flexibility index (Phi) is 22.8. The van der Waals surface area contributed by atoms with Gasteiger partial charge in [-0.1, -0.05) is 99.9 Å². The normalized spacial score (nSPS) is 13.0. The first kappa shape index (κ1) is 46.3. The maximum atomic E-state index is 5.52. The summed E-state index contributed by atoms with van der Waals surface area (Å²) in [7, 11) is 0. The average molecular weight is 800 g/mol. The van der Waals surface area contributed by atoms with E-state index in [-0.39, 0.29) is 24.8 Å². The molecule has 0 amide bonds. The van der Waals surface area contributed by atoms with E-state index in [1.165, 1.54) is 93.6 Å². The van der Waals surface area contributed by atoms with Gasteiger partial charge >= 0.3 is 28.4 Å². The molecular weight excluding hydrogens is 750 g/mol. The van der Waals surface area contributed by atoms with Gasteiger partial charge < -0.3 is 0 Å². The van der Waals surface area contributed by atoms with Crippen molar-refractivity contribution in [1.82, 2.24) is 0 Å². The van der Waals surface area contributed by atoms with Crippen molar-refractivity contribution in [3.8, 4) is 11.1 Å². The summed E-state index contributed by atoms with van der Waals surface area (Å²) in [6.45, 7) is 17.7. The molecule has 6 rings (SSSR count). The van der Waals surface area contributed by atoms with E-state index in [4.69, 9.17) is 23.2 Å². The number of hydrogen-bond donors (Lipinski definition) is 0. The molecule has 4 aromatic rings.